The summed E-state index contributed by atoms with van der Waals surface area (Å²) in [5.74, 6) is -1.69. The van der Waals surface area contributed by atoms with Gasteiger partial charge in [0.1, 0.15) is 6.04 Å². The zero-order chi connectivity index (χ0) is 16.6. The van der Waals surface area contributed by atoms with Crippen molar-refractivity contribution < 1.29 is 14.7 Å². The second kappa shape index (κ2) is 5.75. The van der Waals surface area contributed by atoms with Crippen LogP contribution in [-0.4, -0.2) is 37.8 Å². The number of carboxylic acid groups (broad SMARTS) is 1. The van der Waals surface area contributed by atoms with Crippen LogP contribution >= 0.6 is 0 Å². The molecule has 0 bridgehead atoms. The Kier molecular flexibility index (Phi) is 4.16. The molecule has 0 aliphatic carbocycles. The summed E-state index contributed by atoms with van der Waals surface area (Å²) in [5.41, 5.74) is 2.39. The number of aliphatic carboxylic acids is 1. The molecule has 0 unspecified atom stereocenters. The topological polar surface area (TPSA) is 97.1 Å². The van der Waals surface area contributed by atoms with Crippen LogP contribution in [0.15, 0.2) is 6.07 Å². The summed E-state index contributed by atoms with van der Waals surface area (Å²) in [6.45, 7) is 7.06. The van der Waals surface area contributed by atoms with Crippen LogP contribution in [0.3, 0.4) is 0 Å². The van der Waals surface area contributed by atoms with Gasteiger partial charge in [-0.05, 0) is 25.8 Å². The molecule has 0 aromatic carbocycles. The maximum Gasteiger partial charge on any atom is 0.326 e. The van der Waals surface area contributed by atoms with Crippen LogP contribution in [0, 0.1) is 19.8 Å². The quantitative estimate of drug-likeness (QED) is 0.890. The van der Waals surface area contributed by atoms with Crippen LogP contribution in [0.2, 0.25) is 0 Å². The highest BCUT2D eigenvalue weighted by Crippen LogP contribution is 2.19. The first-order valence-electron chi connectivity index (χ1n) is 7.07. The number of hydrogen-bond donors (Lipinski definition) is 2. The summed E-state index contributed by atoms with van der Waals surface area (Å²) in [6, 6.07) is 0.784. The molecule has 0 spiro atoms. The Morgan fingerprint density at radius 1 is 1.27 bits per heavy atom. The molecule has 22 heavy (non-hydrogen) atoms. The lowest BCUT2D eigenvalue weighted by Crippen LogP contribution is -2.44. The highest BCUT2D eigenvalue weighted by molar-refractivity contribution is 6.00. The zero-order valence-electron chi connectivity index (χ0n) is 13.3. The Morgan fingerprint density at radius 2 is 1.91 bits per heavy atom. The number of aromatic nitrogens is 3. The molecule has 118 valence electrons. The number of hydrogen-bond acceptors (Lipinski definition) is 4. The molecule has 2 N–H and O–H groups in total. The molecule has 0 fully saturated rings. The summed E-state index contributed by atoms with van der Waals surface area (Å²) < 4.78 is 1.66. The minimum absolute atomic E-state index is 0.210. The van der Waals surface area contributed by atoms with Crippen LogP contribution < -0.4 is 5.32 Å². The van der Waals surface area contributed by atoms with E-state index in [1.807, 2.05) is 6.92 Å². The fourth-order valence-corrected chi connectivity index (χ4v) is 2.39. The van der Waals surface area contributed by atoms with Gasteiger partial charge in [-0.3, -0.25) is 9.48 Å². The second-order valence-electron chi connectivity index (χ2n) is 5.73. The molecule has 7 heteroatoms. The van der Waals surface area contributed by atoms with E-state index in [1.165, 1.54) is 0 Å². The number of carboxylic acids is 1. The highest BCUT2D eigenvalue weighted by Gasteiger charge is 2.25. The molecule has 2 aromatic heterocycles. The Balaban J connectivity index is 2.41. The van der Waals surface area contributed by atoms with Crippen LogP contribution in [0.4, 0.5) is 0 Å². The van der Waals surface area contributed by atoms with Gasteiger partial charge in [-0.25, -0.2) is 9.78 Å². The van der Waals surface area contributed by atoms with Crippen LogP contribution in [0.1, 0.15) is 35.6 Å². The molecule has 0 saturated heterocycles. The summed E-state index contributed by atoms with van der Waals surface area (Å²) in [6.07, 6.45) is 0. The molecule has 2 aromatic rings. The number of pyridine rings is 1. The Labute approximate surface area is 128 Å². The molecule has 0 aliphatic rings. The minimum atomic E-state index is -1.05. The van der Waals surface area contributed by atoms with E-state index >= 15 is 0 Å². The average Bonchev–Trinajstić information content (AvgIpc) is 2.68. The van der Waals surface area contributed by atoms with Gasteiger partial charge >= 0.3 is 5.97 Å². The number of fused-ring (bicyclic) bond motifs is 1. The van der Waals surface area contributed by atoms with Gasteiger partial charge in [-0.15, -0.1) is 0 Å². The standard InChI is InChI=1S/C15H20N4O3/c1-7(2)12(15(21)22)17-14(20)11-6-10-9(4)18-19(5)13(10)16-8(11)3/h6-7,12H,1-5H3,(H,17,20)(H,21,22)/t12-/m1/s1. The monoisotopic (exact) mass is 304 g/mol. The van der Waals surface area contributed by atoms with Crippen LogP contribution in [0.5, 0.6) is 0 Å². The Bertz CT molecular complexity index is 749. The van der Waals surface area contributed by atoms with E-state index in [9.17, 15) is 14.7 Å². The number of carbonyl (C=O) groups excluding carboxylic acids is 1. The summed E-state index contributed by atoms with van der Waals surface area (Å²) in [4.78, 5) is 28.0. The fourth-order valence-electron chi connectivity index (χ4n) is 2.39. The van der Waals surface area contributed by atoms with E-state index in [0.29, 0.717) is 16.9 Å². The van der Waals surface area contributed by atoms with Crippen LogP contribution in [-0.2, 0) is 11.8 Å². The van der Waals surface area contributed by atoms with Gasteiger partial charge < -0.3 is 10.4 Å². The number of aryl methyl sites for hydroxylation is 3. The maximum absolute atomic E-state index is 12.4. The lowest BCUT2D eigenvalue weighted by molar-refractivity contribution is -0.140. The van der Waals surface area contributed by atoms with Crippen molar-refractivity contribution in [2.75, 3.05) is 0 Å². The number of carbonyl (C=O) groups is 2. The van der Waals surface area contributed by atoms with Gasteiger partial charge in [0, 0.05) is 12.4 Å². The Morgan fingerprint density at radius 3 is 2.45 bits per heavy atom. The molecule has 2 heterocycles. The zero-order valence-corrected chi connectivity index (χ0v) is 13.3. The normalized spacial score (nSPS) is 12.6. The number of rotatable bonds is 4. The van der Waals surface area contributed by atoms with E-state index in [0.717, 1.165) is 11.1 Å². The van der Waals surface area contributed by atoms with Crippen molar-refractivity contribution in [3.05, 3.63) is 23.0 Å². The van der Waals surface area contributed by atoms with Gasteiger partial charge in [-0.2, -0.15) is 5.10 Å². The van der Waals surface area contributed by atoms with Gasteiger partial charge in [0.25, 0.3) is 5.91 Å². The van der Waals surface area contributed by atoms with Crippen molar-refractivity contribution in [1.29, 1.82) is 0 Å². The predicted octanol–water partition coefficient (Wildman–Crippen LogP) is 1.42. The summed E-state index contributed by atoms with van der Waals surface area (Å²) in [7, 11) is 1.79. The van der Waals surface area contributed by atoms with Crippen molar-refractivity contribution in [2.24, 2.45) is 13.0 Å². The first-order chi connectivity index (χ1) is 10.2. The highest BCUT2D eigenvalue weighted by atomic mass is 16.4. The first kappa shape index (κ1) is 15.9. The number of nitrogens with one attached hydrogen (secondary N) is 1. The first-order valence-corrected chi connectivity index (χ1v) is 7.07. The Hall–Kier alpha value is -2.44. The smallest absolute Gasteiger partial charge is 0.326 e. The van der Waals surface area contributed by atoms with E-state index in [2.05, 4.69) is 15.4 Å². The molecule has 1 amide bonds. The van der Waals surface area contributed by atoms with E-state index in [-0.39, 0.29) is 5.92 Å². The van der Waals surface area contributed by atoms with Crippen molar-refractivity contribution in [3.8, 4) is 0 Å². The molecule has 0 saturated carbocycles. The number of amides is 1. The summed E-state index contributed by atoms with van der Waals surface area (Å²) in [5, 5.41) is 16.8. The van der Waals surface area contributed by atoms with Crippen molar-refractivity contribution in [2.45, 2.75) is 33.7 Å². The number of nitrogens with zero attached hydrogens (tertiary/aromatic N) is 3. The average molecular weight is 304 g/mol. The molecular formula is C15H20N4O3. The third kappa shape index (κ3) is 2.79. The molecule has 2 rings (SSSR count). The van der Waals surface area contributed by atoms with Crippen LogP contribution in [0.25, 0.3) is 11.0 Å². The van der Waals surface area contributed by atoms with E-state index in [4.69, 9.17) is 0 Å². The predicted molar refractivity (Wildman–Crippen MR) is 81.7 cm³/mol. The molecule has 0 radical (unpaired) electrons. The van der Waals surface area contributed by atoms with Crippen molar-refractivity contribution in [1.82, 2.24) is 20.1 Å². The third-order valence-corrected chi connectivity index (χ3v) is 3.65. The maximum atomic E-state index is 12.4. The SMILES string of the molecule is Cc1nc2c(cc1C(=O)N[C@@H](C(=O)O)C(C)C)c(C)nn2C. The summed E-state index contributed by atoms with van der Waals surface area (Å²) >= 11 is 0. The van der Waals surface area contributed by atoms with E-state index < -0.39 is 17.9 Å². The minimum Gasteiger partial charge on any atom is -0.480 e. The van der Waals surface area contributed by atoms with Gasteiger partial charge in [0.05, 0.1) is 17.0 Å². The fraction of sp³-hybridized carbons (Fsp3) is 0.467. The largest absolute Gasteiger partial charge is 0.480 e. The van der Waals surface area contributed by atoms with Gasteiger partial charge in [0.2, 0.25) is 0 Å². The molecule has 7 nitrogen and oxygen atoms in total. The lowest BCUT2D eigenvalue weighted by atomic mass is 10.0. The second-order valence-corrected chi connectivity index (χ2v) is 5.73. The van der Waals surface area contributed by atoms with E-state index in [1.54, 1.807) is 38.6 Å². The van der Waals surface area contributed by atoms with Gasteiger partial charge in [0.15, 0.2) is 5.65 Å². The van der Waals surface area contributed by atoms with Gasteiger partial charge in [-0.1, -0.05) is 13.8 Å². The van der Waals surface area contributed by atoms with Crippen molar-refractivity contribution >= 4 is 22.9 Å². The lowest BCUT2D eigenvalue weighted by Gasteiger charge is -2.18. The molecule has 0 aliphatic heterocycles. The third-order valence-electron chi connectivity index (χ3n) is 3.65. The molecular weight excluding hydrogens is 284 g/mol. The van der Waals surface area contributed by atoms with Crippen molar-refractivity contribution in [3.63, 3.8) is 0 Å². The molecule has 1 atom stereocenters.